The summed E-state index contributed by atoms with van der Waals surface area (Å²) < 4.78 is 34.1. The van der Waals surface area contributed by atoms with Gasteiger partial charge in [0.15, 0.2) is 0 Å². The summed E-state index contributed by atoms with van der Waals surface area (Å²) in [4.78, 5) is 29.7. The summed E-state index contributed by atoms with van der Waals surface area (Å²) in [6.07, 6.45) is 0.0940. The van der Waals surface area contributed by atoms with Crippen molar-refractivity contribution in [2.45, 2.75) is 24.3 Å². The summed E-state index contributed by atoms with van der Waals surface area (Å²) >= 11 is 1.13. The number of carbonyl (C=O) groups is 2. The van der Waals surface area contributed by atoms with Gasteiger partial charge in [0.05, 0.1) is 7.11 Å². The lowest BCUT2D eigenvalue weighted by atomic mass is 10.0. The number of hydroxylamine groups is 2. The highest BCUT2D eigenvalue weighted by molar-refractivity contribution is 8.15. The average Bonchev–Trinajstić information content (AvgIpc) is 3.36. The van der Waals surface area contributed by atoms with Crippen LogP contribution in [0.4, 0.5) is 24.1 Å². The molecule has 12 heteroatoms. The molecule has 3 N–H and O–H groups in total. The summed E-state index contributed by atoms with van der Waals surface area (Å²) in [5.74, 6) is -1.31. The summed E-state index contributed by atoms with van der Waals surface area (Å²) in [6.45, 7) is 0.305. The van der Waals surface area contributed by atoms with E-state index >= 15 is 0 Å². The number of urea groups is 1. The van der Waals surface area contributed by atoms with Gasteiger partial charge in [-0.3, -0.25) is 4.84 Å². The Morgan fingerprint density at radius 3 is 2.52 bits per heavy atom. The summed E-state index contributed by atoms with van der Waals surface area (Å²) in [6, 6.07) is 18.6. The maximum Gasteiger partial charge on any atom is 0.407 e. The molecule has 4 rings (SSSR count). The number of ether oxygens (including phenoxy) is 1. The van der Waals surface area contributed by atoms with Crippen LogP contribution in [0.25, 0.3) is 0 Å². The molecule has 1 atom stereocenters. The maximum atomic E-state index is 14.8. The number of anilines is 1. The van der Waals surface area contributed by atoms with Crippen LogP contribution in [0.15, 0.2) is 77.9 Å². The van der Waals surface area contributed by atoms with Gasteiger partial charge in [-0.15, -0.1) is 0 Å². The van der Waals surface area contributed by atoms with E-state index in [0.717, 1.165) is 40.6 Å². The van der Waals surface area contributed by atoms with Gasteiger partial charge in [-0.05, 0) is 54.3 Å². The number of amides is 3. The Labute approximate surface area is 234 Å². The molecule has 0 saturated carbocycles. The van der Waals surface area contributed by atoms with Crippen LogP contribution in [0.3, 0.4) is 0 Å². The van der Waals surface area contributed by atoms with E-state index in [0.29, 0.717) is 24.1 Å². The van der Waals surface area contributed by atoms with Crippen LogP contribution < -0.4 is 11.1 Å². The van der Waals surface area contributed by atoms with Crippen molar-refractivity contribution in [2.75, 3.05) is 26.4 Å². The first-order valence-corrected chi connectivity index (χ1v) is 13.2. The first-order valence-electron chi connectivity index (χ1n) is 12.4. The SMILES string of the molecule is CON(C)C(=O)N1N=C(c2cc(F)ccc2F)S[C@@]1(CCCNC(=O)OCc1ccc(N)cc1)c1ccccc1. The van der Waals surface area contributed by atoms with Crippen molar-refractivity contribution in [1.29, 1.82) is 0 Å². The zero-order chi connectivity index (χ0) is 28.7. The van der Waals surface area contributed by atoms with E-state index in [1.54, 1.807) is 24.3 Å². The molecule has 210 valence electrons. The number of alkyl carbamates (subject to hydrolysis) is 1. The second-order valence-electron chi connectivity index (χ2n) is 8.90. The maximum absolute atomic E-state index is 14.8. The van der Waals surface area contributed by atoms with E-state index in [4.69, 9.17) is 15.3 Å². The minimum absolute atomic E-state index is 0.0648. The number of carbonyl (C=O) groups excluding carboxylic acids is 2. The van der Waals surface area contributed by atoms with E-state index in [1.807, 2.05) is 30.3 Å². The molecule has 1 heterocycles. The predicted molar refractivity (Wildman–Crippen MR) is 149 cm³/mol. The molecule has 40 heavy (non-hydrogen) atoms. The molecule has 0 fully saturated rings. The Morgan fingerprint density at radius 2 is 1.82 bits per heavy atom. The Kier molecular flexibility index (Phi) is 9.22. The van der Waals surface area contributed by atoms with Crippen LogP contribution in [0.1, 0.15) is 29.5 Å². The number of hydrogen-bond acceptors (Lipinski definition) is 7. The lowest BCUT2D eigenvalue weighted by Crippen LogP contribution is -2.47. The largest absolute Gasteiger partial charge is 0.445 e. The van der Waals surface area contributed by atoms with Gasteiger partial charge in [0.25, 0.3) is 0 Å². The fourth-order valence-electron chi connectivity index (χ4n) is 4.09. The monoisotopic (exact) mass is 569 g/mol. The topological polar surface area (TPSA) is 109 Å². The van der Waals surface area contributed by atoms with Gasteiger partial charge in [-0.1, -0.05) is 54.2 Å². The summed E-state index contributed by atoms with van der Waals surface area (Å²) in [5.41, 5.74) is 7.72. The van der Waals surface area contributed by atoms with Gasteiger partial charge >= 0.3 is 12.1 Å². The fourth-order valence-corrected chi connectivity index (χ4v) is 5.50. The molecule has 0 unspecified atom stereocenters. The fraction of sp³-hybridized carbons (Fsp3) is 0.250. The molecule has 3 aromatic carbocycles. The van der Waals surface area contributed by atoms with Crippen molar-refractivity contribution in [1.82, 2.24) is 15.4 Å². The van der Waals surface area contributed by atoms with Crippen LogP contribution in [0, 0.1) is 11.6 Å². The van der Waals surface area contributed by atoms with E-state index in [2.05, 4.69) is 10.4 Å². The van der Waals surface area contributed by atoms with Gasteiger partial charge in [0.1, 0.15) is 28.2 Å². The molecule has 0 aromatic heterocycles. The predicted octanol–water partition coefficient (Wildman–Crippen LogP) is 5.43. The smallest absolute Gasteiger partial charge is 0.407 e. The number of halogens is 2. The molecule has 9 nitrogen and oxygen atoms in total. The third-order valence-corrected chi connectivity index (χ3v) is 7.66. The number of hydrogen-bond donors (Lipinski definition) is 2. The van der Waals surface area contributed by atoms with Crippen LogP contribution in [0.5, 0.6) is 0 Å². The Hall–Kier alpha value is -4.16. The molecule has 1 aliphatic heterocycles. The Morgan fingerprint density at radius 1 is 1.10 bits per heavy atom. The second kappa shape index (κ2) is 12.8. The van der Waals surface area contributed by atoms with E-state index in [9.17, 15) is 18.4 Å². The number of thioether (sulfide) groups is 1. The lowest BCUT2D eigenvalue weighted by molar-refractivity contribution is -0.0805. The Bertz CT molecular complexity index is 1380. The van der Waals surface area contributed by atoms with Crippen molar-refractivity contribution >= 4 is 34.6 Å². The molecular weight excluding hydrogens is 540 g/mol. The van der Waals surface area contributed by atoms with Crippen molar-refractivity contribution in [3.05, 3.63) is 101 Å². The number of benzene rings is 3. The van der Waals surface area contributed by atoms with Gasteiger partial charge in [-0.2, -0.15) is 10.1 Å². The molecule has 1 aliphatic rings. The van der Waals surface area contributed by atoms with Gasteiger partial charge < -0.3 is 15.8 Å². The number of rotatable bonds is 9. The standard InChI is InChI=1S/C28H29F2N5O4S/c1-34(38-2)27(37)35-28(20-7-4-3-5-8-20,40-25(33-35)23-17-21(29)11-14-24(23)30)15-6-16-32-26(36)39-18-19-9-12-22(31)13-10-19/h3-5,7-14,17H,6,15-16,18,31H2,1-2H3,(H,32,36)/t28-/m0/s1. The highest BCUT2D eigenvalue weighted by Gasteiger charge is 2.49. The highest BCUT2D eigenvalue weighted by atomic mass is 32.2. The van der Waals surface area contributed by atoms with E-state index in [1.165, 1.54) is 19.2 Å². The van der Waals surface area contributed by atoms with Crippen molar-refractivity contribution in [2.24, 2.45) is 5.10 Å². The minimum atomic E-state index is -1.14. The van der Waals surface area contributed by atoms with Gasteiger partial charge in [0, 0.05) is 24.8 Å². The first kappa shape index (κ1) is 28.8. The third-order valence-electron chi connectivity index (χ3n) is 6.22. The molecular formula is C28H29F2N5O4S. The second-order valence-corrected chi connectivity index (χ2v) is 10.2. The van der Waals surface area contributed by atoms with Crippen LogP contribution in [-0.2, 0) is 21.1 Å². The van der Waals surface area contributed by atoms with E-state index in [-0.39, 0.29) is 23.8 Å². The van der Waals surface area contributed by atoms with Crippen molar-refractivity contribution in [3.8, 4) is 0 Å². The lowest BCUT2D eigenvalue weighted by Gasteiger charge is -2.37. The zero-order valence-corrected chi connectivity index (χ0v) is 22.8. The summed E-state index contributed by atoms with van der Waals surface area (Å²) in [5, 5.41) is 9.52. The van der Waals surface area contributed by atoms with Gasteiger partial charge in [-0.25, -0.2) is 23.4 Å². The minimum Gasteiger partial charge on any atom is -0.445 e. The van der Waals surface area contributed by atoms with Gasteiger partial charge in [0.2, 0.25) is 0 Å². The average molecular weight is 570 g/mol. The first-order chi connectivity index (χ1) is 19.2. The number of nitrogens with two attached hydrogens (primary N) is 1. The summed E-state index contributed by atoms with van der Waals surface area (Å²) in [7, 11) is 2.76. The van der Waals surface area contributed by atoms with Crippen LogP contribution in [-0.4, -0.2) is 47.9 Å². The molecule has 3 aromatic rings. The molecule has 0 aliphatic carbocycles. The van der Waals surface area contributed by atoms with Crippen molar-refractivity contribution < 1.29 is 27.9 Å². The zero-order valence-electron chi connectivity index (χ0n) is 22.0. The molecule has 0 bridgehead atoms. The molecule has 0 radical (unpaired) electrons. The highest BCUT2D eigenvalue weighted by Crippen LogP contribution is 2.51. The number of nitrogen functional groups attached to an aromatic ring is 1. The number of nitrogens with zero attached hydrogens (tertiary/aromatic N) is 3. The molecule has 0 saturated heterocycles. The molecule has 0 spiro atoms. The van der Waals surface area contributed by atoms with Crippen LogP contribution >= 0.6 is 11.8 Å². The number of hydrazone groups is 1. The number of nitrogens with one attached hydrogen (secondary N) is 1. The Balaban J connectivity index is 1.54. The normalized spacial score (nSPS) is 16.4. The quantitative estimate of drug-likeness (QED) is 0.202. The van der Waals surface area contributed by atoms with Crippen molar-refractivity contribution in [3.63, 3.8) is 0 Å². The van der Waals surface area contributed by atoms with Crippen LogP contribution in [0.2, 0.25) is 0 Å². The third kappa shape index (κ3) is 6.52. The molecule has 3 amide bonds. The van der Waals surface area contributed by atoms with E-state index < -0.39 is 28.6 Å².